The Hall–Kier alpha value is -0.860. The molecule has 0 amide bonds. The Morgan fingerprint density at radius 2 is 1.65 bits per heavy atom. The molecule has 144 valence electrons. The number of piperidine rings is 1. The normalized spacial score (nSPS) is 41.9. The summed E-state index contributed by atoms with van der Waals surface area (Å²) in [5.41, 5.74) is 9.13. The summed E-state index contributed by atoms with van der Waals surface area (Å²) >= 11 is 0. The molecule has 4 aliphatic rings. The van der Waals surface area contributed by atoms with Crippen LogP contribution in [0.25, 0.3) is 0 Å². The Morgan fingerprint density at radius 1 is 1.00 bits per heavy atom. The number of hydrogen-bond acceptors (Lipinski definition) is 2. The highest BCUT2D eigenvalue weighted by Gasteiger charge is 2.57. The molecule has 4 fully saturated rings. The summed E-state index contributed by atoms with van der Waals surface area (Å²) in [5.74, 6) is 0.839. The Bertz CT molecular complexity index is 610. The highest BCUT2D eigenvalue weighted by molar-refractivity contribution is 5.31. The van der Waals surface area contributed by atoms with Crippen LogP contribution in [-0.2, 0) is 5.41 Å². The van der Waals surface area contributed by atoms with Gasteiger partial charge in [0.15, 0.2) is 0 Å². The predicted molar refractivity (Wildman–Crippen MR) is 110 cm³/mol. The molecule has 1 aromatic carbocycles. The van der Waals surface area contributed by atoms with E-state index in [2.05, 4.69) is 56.0 Å². The molecule has 3 aliphatic carbocycles. The van der Waals surface area contributed by atoms with Crippen LogP contribution < -0.4 is 5.73 Å². The highest BCUT2D eigenvalue weighted by atomic mass is 15.1. The number of nitrogens with zero attached hydrogens (tertiary/aromatic N) is 1. The Balaban J connectivity index is 1.57. The summed E-state index contributed by atoms with van der Waals surface area (Å²) in [4.78, 5) is 2.72. The van der Waals surface area contributed by atoms with Crippen LogP contribution in [0, 0.1) is 16.7 Å². The van der Waals surface area contributed by atoms with Crippen LogP contribution in [0.15, 0.2) is 30.3 Å². The molecule has 1 aliphatic heterocycles. The number of nitrogens with two attached hydrogens (primary N) is 1. The first kappa shape index (κ1) is 18.5. The number of hydrogen-bond donors (Lipinski definition) is 1. The van der Waals surface area contributed by atoms with Gasteiger partial charge in [-0.05, 0) is 85.8 Å². The lowest BCUT2D eigenvalue weighted by Crippen LogP contribution is -2.55. The van der Waals surface area contributed by atoms with Crippen molar-refractivity contribution in [3.8, 4) is 0 Å². The van der Waals surface area contributed by atoms with Gasteiger partial charge in [-0.15, -0.1) is 0 Å². The monoisotopic (exact) mass is 354 g/mol. The van der Waals surface area contributed by atoms with Crippen LogP contribution in [-0.4, -0.2) is 30.6 Å². The SMILES string of the molecule is CC1CC(C)(CN2CCC(N)CC2)CC2(c3ccccc3)CC(C)(C1)C2. The van der Waals surface area contributed by atoms with Gasteiger partial charge in [0.25, 0.3) is 0 Å². The van der Waals surface area contributed by atoms with Crippen LogP contribution in [0.5, 0.6) is 0 Å². The molecule has 1 heterocycles. The minimum Gasteiger partial charge on any atom is -0.328 e. The van der Waals surface area contributed by atoms with Crippen molar-refractivity contribution in [2.24, 2.45) is 22.5 Å². The van der Waals surface area contributed by atoms with Gasteiger partial charge in [-0.2, -0.15) is 0 Å². The third-order valence-corrected chi connectivity index (χ3v) is 7.60. The van der Waals surface area contributed by atoms with E-state index >= 15 is 0 Å². The summed E-state index contributed by atoms with van der Waals surface area (Å²) < 4.78 is 0. The topological polar surface area (TPSA) is 29.3 Å². The Kier molecular flexibility index (Phi) is 4.72. The fraction of sp³-hybridized carbons (Fsp3) is 0.750. The number of likely N-dealkylation sites (tertiary alicyclic amines) is 1. The fourth-order valence-electron chi connectivity index (χ4n) is 7.36. The van der Waals surface area contributed by atoms with E-state index in [0.29, 0.717) is 22.3 Å². The van der Waals surface area contributed by atoms with Crippen molar-refractivity contribution in [1.82, 2.24) is 4.90 Å². The van der Waals surface area contributed by atoms with Crippen LogP contribution in [0.1, 0.15) is 71.3 Å². The van der Waals surface area contributed by atoms with Gasteiger partial charge in [0.1, 0.15) is 0 Å². The lowest BCUT2D eigenvalue weighted by atomic mass is 9.43. The molecule has 0 radical (unpaired) electrons. The minimum absolute atomic E-state index is 0.414. The molecule has 1 saturated heterocycles. The van der Waals surface area contributed by atoms with Gasteiger partial charge in [-0.1, -0.05) is 51.1 Å². The lowest BCUT2D eigenvalue weighted by Gasteiger charge is -2.62. The summed E-state index contributed by atoms with van der Waals surface area (Å²) in [6.45, 7) is 11.3. The van der Waals surface area contributed by atoms with E-state index < -0.39 is 0 Å². The van der Waals surface area contributed by atoms with E-state index in [9.17, 15) is 0 Å². The van der Waals surface area contributed by atoms with E-state index in [4.69, 9.17) is 5.73 Å². The first-order valence-corrected chi connectivity index (χ1v) is 10.8. The average molecular weight is 355 g/mol. The second-order valence-electron chi connectivity index (χ2n) is 10.9. The number of benzene rings is 1. The third-order valence-electron chi connectivity index (χ3n) is 7.60. The molecular weight excluding hydrogens is 316 g/mol. The Morgan fingerprint density at radius 3 is 2.31 bits per heavy atom. The highest BCUT2D eigenvalue weighted by Crippen LogP contribution is 2.64. The smallest absolute Gasteiger partial charge is 0.00631 e. The largest absolute Gasteiger partial charge is 0.328 e. The molecule has 1 aromatic rings. The second kappa shape index (κ2) is 6.63. The van der Waals surface area contributed by atoms with Crippen LogP contribution in [0.3, 0.4) is 0 Å². The zero-order chi connectivity index (χ0) is 18.4. The quantitative estimate of drug-likeness (QED) is 0.830. The van der Waals surface area contributed by atoms with E-state index in [1.165, 1.54) is 64.6 Å². The first-order valence-electron chi connectivity index (χ1n) is 10.8. The number of rotatable bonds is 3. The van der Waals surface area contributed by atoms with Crippen molar-refractivity contribution in [1.29, 1.82) is 0 Å². The number of fused-ring (bicyclic) bond motifs is 4. The third kappa shape index (κ3) is 3.60. The molecule has 2 nitrogen and oxygen atoms in total. The standard InChI is InChI=1S/C24H38N2/c1-19-13-22(2)15-24(16-22,20-7-5-4-6-8-20)17-23(3,14-19)18-26-11-9-21(25)10-12-26/h4-8,19,21H,9-18,25H2,1-3H3. The zero-order valence-corrected chi connectivity index (χ0v) is 17.1. The molecule has 26 heavy (non-hydrogen) atoms. The summed E-state index contributed by atoms with van der Waals surface area (Å²) in [7, 11) is 0. The fourth-order valence-corrected chi connectivity index (χ4v) is 7.36. The van der Waals surface area contributed by atoms with Crippen molar-refractivity contribution in [3.05, 3.63) is 35.9 Å². The zero-order valence-electron chi connectivity index (χ0n) is 17.1. The van der Waals surface area contributed by atoms with Crippen molar-refractivity contribution < 1.29 is 0 Å². The maximum Gasteiger partial charge on any atom is 0.00631 e. The van der Waals surface area contributed by atoms with Crippen LogP contribution in [0.2, 0.25) is 0 Å². The molecule has 2 atom stereocenters. The van der Waals surface area contributed by atoms with Crippen molar-refractivity contribution in [2.45, 2.75) is 77.2 Å². The van der Waals surface area contributed by atoms with Gasteiger partial charge in [0.2, 0.25) is 0 Å². The maximum absolute atomic E-state index is 6.14. The van der Waals surface area contributed by atoms with Gasteiger partial charge in [0, 0.05) is 12.6 Å². The summed E-state index contributed by atoms with van der Waals surface area (Å²) in [5, 5.41) is 0. The van der Waals surface area contributed by atoms with Gasteiger partial charge in [-0.3, -0.25) is 0 Å². The van der Waals surface area contributed by atoms with Crippen LogP contribution in [0.4, 0.5) is 0 Å². The van der Waals surface area contributed by atoms with Crippen molar-refractivity contribution in [3.63, 3.8) is 0 Å². The van der Waals surface area contributed by atoms with E-state index in [0.717, 1.165) is 5.92 Å². The molecular formula is C24H38N2. The molecule has 0 spiro atoms. The van der Waals surface area contributed by atoms with Crippen molar-refractivity contribution >= 4 is 0 Å². The van der Waals surface area contributed by atoms with E-state index in [1.807, 2.05) is 0 Å². The second-order valence-corrected chi connectivity index (χ2v) is 10.9. The molecule has 2 N–H and O–H groups in total. The molecule has 2 heteroatoms. The first-order chi connectivity index (χ1) is 12.3. The molecule has 0 aromatic heterocycles. The molecule has 3 saturated carbocycles. The van der Waals surface area contributed by atoms with E-state index in [-0.39, 0.29) is 0 Å². The van der Waals surface area contributed by atoms with Gasteiger partial charge in [0.05, 0.1) is 0 Å². The molecule has 2 bridgehead atoms. The van der Waals surface area contributed by atoms with Crippen LogP contribution >= 0.6 is 0 Å². The summed E-state index contributed by atoms with van der Waals surface area (Å²) in [6.07, 6.45) is 9.25. The van der Waals surface area contributed by atoms with E-state index in [1.54, 1.807) is 5.56 Å². The Labute approximate surface area is 160 Å². The lowest BCUT2D eigenvalue weighted by molar-refractivity contribution is -0.0562. The predicted octanol–water partition coefficient (Wildman–Crippen LogP) is 4.97. The molecule has 2 unspecified atom stereocenters. The van der Waals surface area contributed by atoms with Gasteiger partial charge < -0.3 is 10.6 Å². The minimum atomic E-state index is 0.414. The van der Waals surface area contributed by atoms with Gasteiger partial charge in [-0.25, -0.2) is 0 Å². The van der Waals surface area contributed by atoms with Crippen molar-refractivity contribution in [2.75, 3.05) is 19.6 Å². The average Bonchev–Trinajstić information content (AvgIpc) is 2.54. The summed E-state index contributed by atoms with van der Waals surface area (Å²) in [6, 6.07) is 11.9. The maximum atomic E-state index is 6.14. The molecule has 5 rings (SSSR count). The van der Waals surface area contributed by atoms with Gasteiger partial charge >= 0.3 is 0 Å².